The smallest absolute Gasteiger partial charge is 0.392 e. The monoisotopic (exact) mass is 614 g/mol. The summed E-state index contributed by atoms with van der Waals surface area (Å²) in [7, 11) is 0. The second-order valence-electron chi connectivity index (χ2n) is 10.7. The highest BCUT2D eigenvalue weighted by Gasteiger charge is 2.47. The van der Waals surface area contributed by atoms with Crippen molar-refractivity contribution in [2.45, 2.75) is 62.0 Å². The Hall–Kier alpha value is -3.38. The molecule has 7 nitrogen and oxygen atoms in total. The van der Waals surface area contributed by atoms with Crippen molar-refractivity contribution in [3.8, 4) is 0 Å². The maximum absolute atomic E-state index is 13.0. The number of thioether (sulfide) groups is 1. The molecule has 2 N–H and O–H groups in total. The van der Waals surface area contributed by atoms with Gasteiger partial charge in [0.15, 0.2) is 6.29 Å². The lowest BCUT2D eigenvalue weighted by Gasteiger charge is -2.41. The number of benzene rings is 3. The fourth-order valence-electron chi connectivity index (χ4n) is 5.40. The molecule has 2 aliphatic heterocycles. The van der Waals surface area contributed by atoms with E-state index in [0.29, 0.717) is 28.3 Å². The van der Waals surface area contributed by atoms with Crippen molar-refractivity contribution in [3.63, 3.8) is 0 Å². The molecule has 0 unspecified atom stereocenters. The van der Waals surface area contributed by atoms with Gasteiger partial charge in [0.1, 0.15) is 6.04 Å². The highest BCUT2D eigenvalue weighted by atomic mass is 32.2. The minimum atomic E-state index is -5.03. The van der Waals surface area contributed by atoms with E-state index in [-0.39, 0.29) is 37.7 Å². The van der Waals surface area contributed by atoms with Crippen LogP contribution in [-0.2, 0) is 25.7 Å². The van der Waals surface area contributed by atoms with Crippen molar-refractivity contribution < 1.29 is 37.3 Å². The van der Waals surface area contributed by atoms with E-state index >= 15 is 0 Å². The first-order valence-corrected chi connectivity index (χ1v) is 15.1. The summed E-state index contributed by atoms with van der Waals surface area (Å²) < 4.78 is 51.9. The molecular formula is C32H33F3N2O5S. The number of halogens is 3. The third-order valence-electron chi connectivity index (χ3n) is 7.79. The summed E-state index contributed by atoms with van der Waals surface area (Å²) in [4.78, 5) is 26.3. The predicted molar refractivity (Wildman–Crippen MR) is 156 cm³/mol. The van der Waals surface area contributed by atoms with Crippen LogP contribution in [0.15, 0.2) is 83.8 Å². The molecule has 0 saturated carbocycles. The third kappa shape index (κ3) is 7.41. The summed E-state index contributed by atoms with van der Waals surface area (Å²) in [5, 5.41) is 12.1. The Kier molecular flexibility index (Phi) is 9.75. The summed E-state index contributed by atoms with van der Waals surface area (Å²) >= 11 is 1.70. The predicted octanol–water partition coefficient (Wildman–Crippen LogP) is 6.25. The normalized spacial score (nSPS) is 24.1. The van der Waals surface area contributed by atoms with Crippen molar-refractivity contribution in [2.75, 3.05) is 17.6 Å². The zero-order valence-electron chi connectivity index (χ0n) is 23.5. The molecule has 3 aromatic rings. The first kappa shape index (κ1) is 31.1. The summed E-state index contributed by atoms with van der Waals surface area (Å²) in [5.41, 5.74) is 2.87. The fraction of sp³-hybridized carbons (Fsp3) is 0.375. The number of aliphatic hydroxyl groups is 1. The maximum atomic E-state index is 13.0. The third-order valence-corrected chi connectivity index (χ3v) is 8.89. The Morgan fingerprint density at radius 2 is 1.65 bits per heavy atom. The number of carbonyl (C=O) groups excluding carboxylic acids is 2. The molecule has 11 heteroatoms. The number of hydrogen-bond acceptors (Lipinski definition) is 6. The number of nitrogens with one attached hydrogen (secondary N) is 1. The molecule has 0 spiro atoms. The van der Waals surface area contributed by atoms with Gasteiger partial charge in [-0.15, -0.1) is 11.8 Å². The van der Waals surface area contributed by atoms with E-state index in [2.05, 4.69) is 12.2 Å². The second kappa shape index (κ2) is 13.5. The molecule has 43 heavy (non-hydrogen) atoms. The molecular weight excluding hydrogens is 581 g/mol. The van der Waals surface area contributed by atoms with Gasteiger partial charge >= 0.3 is 12.1 Å². The van der Waals surface area contributed by atoms with E-state index in [1.54, 1.807) is 36.0 Å². The lowest BCUT2D eigenvalue weighted by atomic mass is 9.91. The van der Waals surface area contributed by atoms with Crippen LogP contribution in [0.5, 0.6) is 0 Å². The van der Waals surface area contributed by atoms with E-state index in [4.69, 9.17) is 9.47 Å². The van der Waals surface area contributed by atoms with Gasteiger partial charge in [0.05, 0.1) is 18.8 Å². The van der Waals surface area contributed by atoms with Crippen LogP contribution in [0.1, 0.15) is 48.8 Å². The van der Waals surface area contributed by atoms with Gasteiger partial charge in [-0.25, -0.2) is 0 Å². The molecule has 5 atom stereocenters. The SMILES string of the molecule is C[C@H]1[C@@H](CSc2ccccc2)O[C@@H](c2ccc(NC(=O)[C@@H]3CCCN3C(=O)C(F)(F)F)cc2)O[C@H]1c1ccc(CO)cc1. The van der Waals surface area contributed by atoms with Gasteiger partial charge in [0.2, 0.25) is 5.91 Å². The fourth-order valence-corrected chi connectivity index (χ4v) is 6.49. The number of alkyl halides is 3. The molecule has 0 bridgehead atoms. The number of aliphatic hydroxyl groups excluding tert-OH is 1. The van der Waals surface area contributed by atoms with Crippen LogP contribution in [-0.4, -0.2) is 52.4 Å². The van der Waals surface area contributed by atoms with Crippen molar-refractivity contribution in [1.29, 1.82) is 0 Å². The van der Waals surface area contributed by atoms with Crippen LogP contribution >= 0.6 is 11.8 Å². The number of ether oxygens (including phenoxy) is 2. The summed E-state index contributed by atoms with van der Waals surface area (Å²) in [6.45, 7) is 1.92. The van der Waals surface area contributed by atoms with Crippen LogP contribution in [0.25, 0.3) is 0 Å². The molecule has 0 aromatic heterocycles. The first-order valence-electron chi connectivity index (χ1n) is 14.1. The molecule has 0 aliphatic carbocycles. The number of nitrogens with zero attached hydrogens (tertiary/aromatic N) is 1. The van der Waals surface area contributed by atoms with Gasteiger partial charge in [0.25, 0.3) is 0 Å². The van der Waals surface area contributed by atoms with Gasteiger partial charge in [-0.3, -0.25) is 9.59 Å². The average Bonchev–Trinajstić information content (AvgIpc) is 3.51. The Labute approximate surface area is 252 Å². The summed E-state index contributed by atoms with van der Waals surface area (Å²) in [6, 6.07) is 23.3. The van der Waals surface area contributed by atoms with Gasteiger partial charge < -0.3 is 24.8 Å². The van der Waals surface area contributed by atoms with Crippen molar-refractivity contribution in [2.24, 2.45) is 5.92 Å². The summed E-state index contributed by atoms with van der Waals surface area (Å²) in [5.74, 6) is -1.95. The van der Waals surface area contributed by atoms with Crippen LogP contribution < -0.4 is 5.32 Å². The molecule has 0 radical (unpaired) electrons. The lowest BCUT2D eigenvalue weighted by Crippen LogP contribution is -2.48. The number of rotatable bonds is 8. The number of anilines is 1. The van der Waals surface area contributed by atoms with E-state index in [1.165, 1.54) is 0 Å². The van der Waals surface area contributed by atoms with Crippen LogP contribution in [0, 0.1) is 5.92 Å². The molecule has 5 rings (SSSR count). The first-order chi connectivity index (χ1) is 20.6. The van der Waals surface area contributed by atoms with E-state index in [9.17, 15) is 27.9 Å². The van der Waals surface area contributed by atoms with Gasteiger partial charge in [0, 0.05) is 34.4 Å². The Bertz CT molecular complexity index is 1390. The molecule has 2 amide bonds. The maximum Gasteiger partial charge on any atom is 0.471 e. The molecule has 2 aliphatic rings. The van der Waals surface area contributed by atoms with Crippen LogP contribution in [0.2, 0.25) is 0 Å². The highest BCUT2D eigenvalue weighted by molar-refractivity contribution is 7.99. The highest BCUT2D eigenvalue weighted by Crippen LogP contribution is 2.43. The molecule has 3 aromatic carbocycles. The van der Waals surface area contributed by atoms with Gasteiger partial charge in [-0.05, 0) is 48.2 Å². The molecule has 2 saturated heterocycles. The molecule has 2 heterocycles. The van der Waals surface area contributed by atoms with Gasteiger partial charge in [-0.1, -0.05) is 61.5 Å². The topological polar surface area (TPSA) is 88.1 Å². The van der Waals surface area contributed by atoms with Crippen LogP contribution in [0.4, 0.5) is 18.9 Å². The zero-order valence-corrected chi connectivity index (χ0v) is 24.3. The Balaban J connectivity index is 1.30. The number of hydrogen-bond donors (Lipinski definition) is 2. The average molecular weight is 615 g/mol. The van der Waals surface area contributed by atoms with Crippen LogP contribution in [0.3, 0.4) is 0 Å². The van der Waals surface area contributed by atoms with E-state index < -0.39 is 30.3 Å². The Morgan fingerprint density at radius 3 is 2.30 bits per heavy atom. The van der Waals surface area contributed by atoms with Crippen molar-refractivity contribution >= 4 is 29.3 Å². The van der Waals surface area contributed by atoms with E-state index in [1.807, 2.05) is 54.6 Å². The second-order valence-corrected chi connectivity index (χ2v) is 11.8. The lowest BCUT2D eigenvalue weighted by molar-refractivity contribution is -0.268. The number of carbonyl (C=O) groups is 2. The van der Waals surface area contributed by atoms with Crippen molar-refractivity contribution in [3.05, 3.63) is 95.6 Å². The minimum Gasteiger partial charge on any atom is -0.392 e. The number of amides is 2. The zero-order chi connectivity index (χ0) is 30.6. The standard InChI is InChI=1S/C32H33F3N2O5S/c1-20-27(19-43-25-6-3-2-4-7-25)41-30(42-28(20)22-11-9-21(18-38)10-12-22)23-13-15-24(16-14-23)36-29(39)26-8-5-17-37(26)31(40)32(33,34)35/h2-4,6-7,9-16,20,26-28,30,38H,5,8,17-19H2,1H3,(H,36,39)/t20-,26-,27+,28+,30+/m0/s1. The van der Waals surface area contributed by atoms with Gasteiger partial charge in [-0.2, -0.15) is 13.2 Å². The van der Waals surface area contributed by atoms with E-state index in [0.717, 1.165) is 16.0 Å². The Morgan fingerprint density at radius 1 is 0.977 bits per heavy atom. The largest absolute Gasteiger partial charge is 0.471 e. The minimum absolute atomic E-state index is 0.0137. The molecule has 228 valence electrons. The quantitative estimate of drug-likeness (QED) is 0.292. The summed E-state index contributed by atoms with van der Waals surface area (Å²) in [6.07, 6.45) is -5.70. The number of likely N-dealkylation sites (tertiary alicyclic amines) is 1. The van der Waals surface area contributed by atoms with Crippen molar-refractivity contribution in [1.82, 2.24) is 4.90 Å². The molecule has 2 fully saturated rings.